The number of pyridine rings is 1. The molecule has 2 N–H and O–H groups in total. The van der Waals surface area contributed by atoms with Crippen LogP contribution in [0.1, 0.15) is 31.5 Å². The Morgan fingerprint density at radius 2 is 1.92 bits per heavy atom. The van der Waals surface area contributed by atoms with Crippen LogP contribution in [0.3, 0.4) is 0 Å². The topological polar surface area (TPSA) is 105 Å². The Morgan fingerprint density at radius 1 is 1.19 bits per heavy atom. The summed E-state index contributed by atoms with van der Waals surface area (Å²) in [6, 6.07) is 9.33. The molecule has 0 radical (unpaired) electrons. The third kappa shape index (κ3) is 3.25. The number of nitrogens with one attached hydrogen (secondary N) is 2. The number of hydrogen-bond acceptors (Lipinski definition) is 5. The van der Waals surface area contributed by atoms with Gasteiger partial charge >= 0.3 is 0 Å². The van der Waals surface area contributed by atoms with Crippen LogP contribution >= 0.6 is 0 Å². The summed E-state index contributed by atoms with van der Waals surface area (Å²) in [5, 5.41) is 7.01. The van der Waals surface area contributed by atoms with Gasteiger partial charge in [-0.2, -0.15) is 5.10 Å². The fourth-order valence-corrected chi connectivity index (χ4v) is 3.70. The molecule has 0 aliphatic heterocycles. The lowest BCUT2D eigenvalue weighted by Gasteiger charge is -2.09. The molecule has 1 fully saturated rings. The van der Waals surface area contributed by atoms with Crippen molar-refractivity contribution in [3.63, 3.8) is 0 Å². The molecule has 1 aliphatic rings. The fourth-order valence-electron chi connectivity index (χ4n) is 2.64. The van der Waals surface area contributed by atoms with Crippen molar-refractivity contribution in [2.24, 2.45) is 0 Å². The number of aromatic nitrogens is 3. The molecule has 8 nitrogen and oxygen atoms in total. The minimum Gasteiger partial charge on any atom is -0.326 e. The third-order valence-electron chi connectivity index (χ3n) is 4.05. The minimum atomic E-state index is -3.79. The standard InChI is InChI=1S/C17H17N5O3S/c1-11(23)18-13-6-8-14(9-7-13)26(24,25)21-15-3-2-10-22-17(15)19-16(20-22)12-4-5-12/h2-3,6-10,12,21H,4-5H2,1H3,(H,18,23). The first-order chi connectivity index (χ1) is 12.4. The van der Waals surface area contributed by atoms with E-state index in [1.165, 1.54) is 19.1 Å². The predicted molar refractivity (Wildman–Crippen MR) is 96.5 cm³/mol. The van der Waals surface area contributed by atoms with Crippen LogP contribution < -0.4 is 10.0 Å². The van der Waals surface area contributed by atoms with E-state index in [1.54, 1.807) is 35.0 Å². The third-order valence-corrected chi connectivity index (χ3v) is 5.43. The monoisotopic (exact) mass is 371 g/mol. The normalized spacial score (nSPS) is 14.3. The lowest BCUT2D eigenvalue weighted by Crippen LogP contribution is -2.14. The second-order valence-electron chi connectivity index (χ2n) is 6.25. The number of anilines is 2. The second-order valence-corrected chi connectivity index (χ2v) is 7.93. The number of nitrogens with zero attached hydrogens (tertiary/aromatic N) is 3. The molecule has 1 aliphatic carbocycles. The maximum atomic E-state index is 12.7. The Hall–Kier alpha value is -2.94. The molecule has 4 rings (SSSR count). The van der Waals surface area contributed by atoms with Crippen molar-refractivity contribution < 1.29 is 13.2 Å². The van der Waals surface area contributed by atoms with Crippen molar-refractivity contribution in [2.45, 2.75) is 30.6 Å². The molecule has 134 valence electrons. The highest BCUT2D eigenvalue weighted by Gasteiger charge is 2.28. The molecule has 0 spiro atoms. The second kappa shape index (κ2) is 6.10. The van der Waals surface area contributed by atoms with Crippen LogP contribution in [0.2, 0.25) is 0 Å². The molecule has 0 bridgehead atoms. The summed E-state index contributed by atoms with van der Waals surface area (Å²) >= 11 is 0. The number of rotatable bonds is 5. The van der Waals surface area contributed by atoms with Crippen LogP contribution in [0.5, 0.6) is 0 Å². The van der Waals surface area contributed by atoms with Gasteiger partial charge in [-0.25, -0.2) is 17.9 Å². The van der Waals surface area contributed by atoms with Gasteiger partial charge in [0.05, 0.1) is 10.6 Å². The van der Waals surface area contributed by atoms with E-state index in [9.17, 15) is 13.2 Å². The fraction of sp³-hybridized carbons (Fsp3) is 0.235. The van der Waals surface area contributed by atoms with Crippen LogP contribution in [-0.4, -0.2) is 28.9 Å². The van der Waals surface area contributed by atoms with E-state index in [2.05, 4.69) is 20.1 Å². The minimum absolute atomic E-state index is 0.0931. The number of hydrogen-bond donors (Lipinski definition) is 2. The summed E-state index contributed by atoms with van der Waals surface area (Å²) in [5.74, 6) is 0.903. The first-order valence-corrected chi connectivity index (χ1v) is 9.66. The molecule has 0 atom stereocenters. The Balaban J connectivity index is 1.63. The SMILES string of the molecule is CC(=O)Nc1ccc(S(=O)(=O)Nc2cccn3nc(C4CC4)nc23)cc1. The van der Waals surface area contributed by atoms with Crippen molar-refractivity contribution in [3.8, 4) is 0 Å². The Bertz CT molecular complexity index is 1090. The number of sulfonamides is 1. The van der Waals surface area contributed by atoms with Gasteiger partial charge in [-0.15, -0.1) is 0 Å². The van der Waals surface area contributed by atoms with Crippen molar-refractivity contribution in [1.29, 1.82) is 0 Å². The summed E-state index contributed by atoms with van der Waals surface area (Å²) in [4.78, 5) is 15.6. The zero-order valence-electron chi connectivity index (χ0n) is 14.0. The smallest absolute Gasteiger partial charge is 0.262 e. The molecule has 0 unspecified atom stereocenters. The number of benzene rings is 1. The van der Waals surface area contributed by atoms with Gasteiger partial charge in [-0.3, -0.25) is 9.52 Å². The summed E-state index contributed by atoms with van der Waals surface area (Å²) in [6.45, 7) is 1.39. The number of carbonyl (C=O) groups is 1. The van der Waals surface area contributed by atoms with Gasteiger partial charge in [-0.1, -0.05) is 0 Å². The van der Waals surface area contributed by atoms with Crippen LogP contribution in [-0.2, 0) is 14.8 Å². The van der Waals surface area contributed by atoms with E-state index in [-0.39, 0.29) is 10.8 Å². The molecule has 0 saturated heterocycles. The highest BCUT2D eigenvalue weighted by atomic mass is 32.2. The number of amides is 1. The average Bonchev–Trinajstić information content (AvgIpc) is 3.34. The number of fused-ring (bicyclic) bond motifs is 1. The van der Waals surface area contributed by atoms with Gasteiger partial charge in [0.25, 0.3) is 10.0 Å². The first kappa shape index (κ1) is 16.5. The largest absolute Gasteiger partial charge is 0.326 e. The van der Waals surface area contributed by atoms with Gasteiger partial charge in [0.2, 0.25) is 5.91 Å². The Labute approximate surface area is 150 Å². The van der Waals surface area contributed by atoms with Gasteiger partial charge in [-0.05, 0) is 49.2 Å². The lowest BCUT2D eigenvalue weighted by atomic mass is 10.3. The molecular formula is C17H17N5O3S. The number of carbonyl (C=O) groups excluding carboxylic acids is 1. The average molecular weight is 371 g/mol. The van der Waals surface area contributed by atoms with Crippen molar-refractivity contribution in [1.82, 2.24) is 14.6 Å². The zero-order chi connectivity index (χ0) is 18.3. The molecule has 2 heterocycles. The first-order valence-electron chi connectivity index (χ1n) is 8.18. The van der Waals surface area contributed by atoms with E-state index < -0.39 is 10.0 Å². The molecule has 1 saturated carbocycles. The van der Waals surface area contributed by atoms with E-state index in [1.807, 2.05) is 0 Å². The van der Waals surface area contributed by atoms with Crippen LogP contribution in [0.25, 0.3) is 5.65 Å². The van der Waals surface area contributed by atoms with Crippen LogP contribution in [0, 0.1) is 0 Å². The highest BCUT2D eigenvalue weighted by Crippen LogP contribution is 2.38. The maximum Gasteiger partial charge on any atom is 0.262 e. The maximum absolute atomic E-state index is 12.7. The molecule has 3 aromatic rings. The van der Waals surface area contributed by atoms with Crippen LogP contribution in [0.4, 0.5) is 11.4 Å². The van der Waals surface area contributed by atoms with Gasteiger partial charge < -0.3 is 5.32 Å². The quantitative estimate of drug-likeness (QED) is 0.716. The molecule has 1 amide bonds. The lowest BCUT2D eigenvalue weighted by molar-refractivity contribution is -0.114. The van der Waals surface area contributed by atoms with Crippen molar-refractivity contribution >= 4 is 33.0 Å². The highest BCUT2D eigenvalue weighted by molar-refractivity contribution is 7.92. The summed E-state index contributed by atoms with van der Waals surface area (Å²) < 4.78 is 29.5. The van der Waals surface area contributed by atoms with E-state index in [0.29, 0.717) is 22.9 Å². The summed E-state index contributed by atoms with van der Waals surface area (Å²) in [6.07, 6.45) is 3.88. The summed E-state index contributed by atoms with van der Waals surface area (Å²) in [7, 11) is -3.79. The van der Waals surface area contributed by atoms with Crippen LogP contribution in [0.15, 0.2) is 47.5 Å². The molecule has 2 aromatic heterocycles. The van der Waals surface area contributed by atoms with E-state index in [4.69, 9.17) is 0 Å². The van der Waals surface area contributed by atoms with Gasteiger partial charge in [0, 0.05) is 24.7 Å². The molecule has 26 heavy (non-hydrogen) atoms. The van der Waals surface area contributed by atoms with Gasteiger partial charge in [0.15, 0.2) is 11.5 Å². The molecule has 1 aromatic carbocycles. The van der Waals surface area contributed by atoms with Gasteiger partial charge in [0.1, 0.15) is 0 Å². The zero-order valence-corrected chi connectivity index (χ0v) is 14.8. The van der Waals surface area contributed by atoms with Crippen molar-refractivity contribution in [3.05, 3.63) is 48.4 Å². The Morgan fingerprint density at radius 3 is 2.58 bits per heavy atom. The van der Waals surface area contributed by atoms with E-state index in [0.717, 1.165) is 18.7 Å². The predicted octanol–water partition coefficient (Wildman–Crippen LogP) is 2.37. The molecular weight excluding hydrogens is 354 g/mol. The Kier molecular flexibility index (Phi) is 3.87. The van der Waals surface area contributed by atoms with E-state index >= 15 is 0 Å². The molecule has 9 heteroatoms. The summed E-state index contributed by atoms with van der Waals surface area (Å²) in [5.41, 5.74) is 1.38. The van der Waals surface area contributed by atoms with Crippen molar-refractivity contribution in [2.75, 3.05) is 10.0 Å².